The van der Waals surface area contributed by atoms with E-state index >= 15 is 0 Å². The second kappa shape index (κ2) is 10.3. The molecule has 1 spiro atoms. The lowest BCUT2D eigenvalue weighted by Gasteiger charge is -2.45. The molecule has 0 radical (unpaired) electrons. The molecule has 2 nitrogen and oxygen atoms in total. The van der Waals surface area contributed by atoms with Crippen LogP contribution in [-0.2, 0) is 16.2 Å². The Morgan fingerprint density at radius 1 is 0.510 bits per heavy atom. The van der Waals surface area contributed by atoms with E-state index in [1.165, 1.54) is 61.6 Å². The van der Waals surface area contributed by atoms with E-state index in [2.05, 4.69) is 156 Å². The van der Waals surface area contributed by atoms with Crippen LogP contribution in [0.15, 0.2) is 132 Å². The van der Waals surface area contributed by atoms with Gasteiger partial charge in [-0.15, -0.1) is 11.3 Å². The molecular weight excluding hydrogens is 615 g/mol. The third-order valence-corrected chi connectivity index (χ3v) is 11.9. The van der Waals surface area contributed by atoms with Gasteiger partial charge in [-0.2, -0.15) is 0 Å². The van der Waals surface area contributed by atoms with E-state index < -0.39 is 5.41 Å². The number of para-hydroxylation sites is 2. The predicted octanol–water partition coefficient (Wildman–Crippen LogP) is 12.2. The number of anilines is 3. The average molecular weight is 654 g/mol. The fourth-order valence-corrected chi connectivity index (χ4v) is 9.38. The molecule has 0 N–H and O–H groups in total. The van der Waals surface area contributed by atoms with Gasteiger partial charge < -0.3 is 4.90 Å². The number of fused-ring (bicyclic) bond motifs is 11. The Labute approximate surface area is 292 Å². The summed E-state index contributed by atoms with van der Waals surface area (Å²) in [6.07, 6.45) is 0. The zero-order valence-corrected chi connectivity index (χ0v) is 29.7. The van der Waals surface area contributed by atoms with Gasteiger partial charge in [-0.25, -0.2) is 0 Å². The van der Waals surface area contributed by atoms with Crippen LogP contribution in [0.5, 0.6) is 0 Å². The van der Waals surface area contributed by atoms with Crippen molar-refractivity contribution in [2.45, 2.75) is 57.8 Å². The van der Waals surface area contributed by atoms with Gasteiger partial charge in [0.15, 0.2) is 5.43 Å². The smallest absolute Gasteiger partial charge is 0.195 e. The lowest BCUT2D eigenvalue weighted by atomic mass is 9.64. The van der Waals surface area contributed by atoms with Crippen molar-refractivity contribution in [3.63, 3.8) is 0 Å². The molecule has 0 bridgehead atoms. The van der Waals surface area contributed by atoms with Crippen molar-refractivity contribution in [1.82, 2.24) is 0 Å². The molecule has 0 fully saturated rings. The van der Waals surface area contributed by atoms with Crippen LogP contribution in [0.2, 0.25) is 0 Å². The normalized spacial score (nSPS) is 14.5. The quantitative estimate of drug-likeness (QED) is 0.164. The molecule has 240 valence electrons. The highest BCUT2D eigenvalue weighted by Crippen LogP contribution is 2.64. The molecule has 0 saturated carbocycles. The molecule has 0 amide bonds. The lowest BCUT2D eigenvalue weighted by molar-refractivity contribution is 0.568. The molecule has 6 aromatic carbocycles. The first kappa shape index (κ1) is 30.1. The van der Waals surface area contributed by atoms with Crippen LogP contribution < -0.4 is 10.3 Å². The van der Waals surface area contributed by atoms with Crippen LogP contribution in [0.1, 0.15) is 74.9 Å². The summed E-state index contributed by atoms with van der Waals surface area (Å²) in [6, 6.07) is 46.5. The van der Waals surface area contributed by atoms with Crippen molar-refractivity contribution < 1.29 is 0 Å². The van der Waals surface area contributed by atoms with Gasteiger partial charge in [0.05, 0.1) is 16.8 Å². The van der Waals surface area contributed by atoms with Gasteiger partial charge in [-0.1, -0.05) is 120 Å². The minimum atomic E-state index is -0.596. The van der Waals surface area contributed by atoms with Crippen molar-refractivity contribution in [2.75, 3.05) is 4.90 Å². The Morgan fingerprint density at radius 2 is 1.06 bits per heavy atom. The Balaban J connectivity index is 1.41. The first-order valence-corrected chi connectivity index (χ1v) is 18.0. The van der Waals surface area contributed by atoms with Crippen molar-refractivity contribution in [3.05, 3.63) is 171 Å². The number of hydrogen-bond donors (Lipinski definition) is 0. The number of benzene rings is 6. The summed E-state index contributed by atoms with van der Waals surface area (Å²) in [5.41, 5.74) is 13.0. The van der Waals surface area contributed by atoms with Crippen molar-refractivity contribution in [2.24, 2.45) is 0 Å². The summed E-state index contributed by atoms with van der Waals surface area (Å²) in [4.78, 5) is 16.7. The fraction of sp³-hybridized carbons (Fsp3) is 0.196. The molecule has 1 aliphatic carbocycles. The molecule has 0 saturated heterocycles. The molecule has 7 aromatic rings. The third-order valence-electron chi connectivity index (χ3n) is 10.7. The molecular formula is C46H39NOS. The van der Waals surface area contributed by atoms with Gasteiger partial charge in [-0.05, 0) is 104 Å². The Bertz CT molecular complexity index is 2480. The second-order valence-corrected chi connectivity index (χ2v) is 16.8. The highest BCUT2D eigenvalue weighted by molar-refractivity contribution is 7.24. The first-order valence-electron chi connectivity index (χ1n) is 17.2. The van der Waals surface area contributed by atoms with Gasteiger partial charge in [0.25, 0.3) is 0 Å². The van der Waals surface area contributed by atoms with E-state index in [0.29, 0.717) is 0 Å². The number of nitrogens with zero attached hydrogens (tertiary/aromatic N) is 1. The van der Waals surface area contributed by atoms with Gasteiger partial charge in [-0.3, -0.25) is 4.79 Å². The van der Waals surface area contributed by atoms with Gasteiger partial charge in [0.1, 0.15) is 0 Å². The summed E-state index contributed by atoms with van der Waals surface area (Å²) in [5.74, 6) is 0. The Kier molecular flexibility index (Phi) is 6.30. The standard InChI is InChI=1S/C46H39NOS/c1-44(2,3)28-23-29(45(4,5)6)25-30(24-28)47-39-20-12-10-18-36(39)46(37-19-11-13-21-40(37)47)35-17-9-7-15-31(35)33-27-42-34(26-38(33)46)43(48)32-16-8-14-22-41(32)49-42/h7-27H,1-6H3. The summed E-state index contributed by atoms with van der Waals surface area (Å²) >= 11 is 1.71. The van der Waals surface area contributed by atoms with E-state index in [1.807, 2.05) is 18.2 Å². The van der Waals surface area contributed by atoms with Gasteiger partial charge >= 0.3 is 0 Å². The van der Waals surface area contributed by atoms with E-state index in [9.17, 15) is 4.79 Å². The highest BCUT2D eigenvalue weighted by Gasteiger charge is 2.52. The van der Waals surface area contributed by atoms with Gasteiger partial charge in [0, 0.05) is 25.9 Å². The molecule has 0 atom stereocenters. The van der Waals surface area contributed by atoms with Crippen LogP contribution in [0.25, 0.3) is 31.3 Å². The van der Waals surface area contributed by atoms with Crippen LogP contribution in [0, 0.1) is 0 Å². The Hall–Kier alpha value is -4.99. The predicted molar refractivity (Wildman–Crippen MR) is 209 cm³/mol. The van der Waals surface area contributed by atoms with Crippen LogP contribution >= 0.6 is 11.3 Å². The summed E-state index contributed by atoms with van der Waals surface area (Å²) in [7, 11) is 0. The zero-order chi connectivity index (χ0) is 33.9. The molecule has 0 unspecified atom stereocenters. The van der Waals surface area contributed by atoms with Crippen LogP contribution in [0.3, 0.4) is 0 Å². The zero-order valence-electron chi connectivity index (χ0n) is 28.9. The highest BCUT2D eigenvalue weighted by atomic mass is 32.1. The first-order chi connectivity index (χ1) is 23.5. The molecule has 1 aliphatic heterocycles. The molecule has 9 rings (SSSR count). The molecule has 2 heterocycles. The maximum absolute atomic E-state index is 14.2. The molecule has 49 heavy (non-hydrogen) atoms. The van der Waals surface area contributed by atoms with Crippen LogP contribution in [-0.4, -0.2) is 0 Å². The summed E-state index contributed by atoms with van der Waals surface area (Å²) < 4.78 is 2.05. The van der Waals surface area contributed by atoms with Crippen molar-refractivity contribution in [3.8, 4) is 11.1 Å². The second-order valence-electron chi connectivity index (χ2n) is 15.8. The van der Waals surface area contributed by atoms with E-state index in [0.717, 1.165) is 20.2 Å². The minimum absolute atomic E-state index is 0.0162. The number of rotatable bonds is 1. The minimum Gasteiger partial charge on any atom is -0.310 e. The van der Waals surface area contributed by atoms with E-state index in [-0.39, 0.29) is 16.3 Å². The maximum atomic E-state index is 14.2. The van der Waals surface area contributed by atoms with Crippen LogP contribution in [0.4, 0.5) is 17.1 Å². The third kappa shape index (κ3) is 4.21. The number of hydrogen-bond acceptors (Lipinski definition) is 3. The molecule has 3 heteroatoms. The van der Waals surface area contributed by atoms with Crippen molar-refractivity contribution in [1.29, 1.82) is 0 Å². The SMILES string of the molecule is CC(C)(C)c1cc(N2c3ccccc3C3(c4ccccc4-c4cc5sc6ccccc6c(=O)c5cc43)c3ccccc32)cc(C(C)(C)C)c1. The largest absolute Gasteiger partial charge is 0.310 e. The summed E-state index contributed by atoms with van der Waals surface area (Å²) in [6.45, 7) is 13.8. The van der Waals surface area contributed by atoms with E-state index in [4.69, 9.17) is 0 Å². The fourth-order valence-electron chi connectivity index (χ4n) is 8.28. The van der Waals surface area contributed by atoms with Gasteiger partial charge in [0.2, 0.25) is 0 Å². The average Bonchev–Trinajstić information content (AvgIpc) is 3.37. The monoisotopic (exact) mass is 653 g/mol. The topological polar surface area (TPSA) is 20.3 Å². The van der Waals surface area contributed by atoms with Crippen molar-refractivity contribution >= 4 is 48.6 Å². The van der Waals surface area contributed by atoms with E-state index in [1.54, 1.807) is 11.3 Å². The maximum Gasteiger partial charge on any atom is 0.195 e. The molecule has 2 aliphatic rings. The molecule has 1 aromatic heterocycles. The Morgan fingerprint density at radius 3 is 1.69 bits per heavy atom. The summed E-state index contributed by atoms with van der Waals surface area (Å²) in [5, 5.41) is 1.58. The lowest BCUT2D eigenvalue weighted by Crippen LogP contribution is -2.36.